The lowest BCUT2D eigenvalue weighted by molar-refractivity contribution is -0.135. The predicted molar refractivity (Wildman–Crippen MR) is 47.4 cm³/mol. The molecule has 0 unspecified atom stereocenters. The Morgan fingerprint density at radius 1 is 1.31 bits per heavy atom. The summed E-state index contributed by atoms with van der Waals surface area (Å²) in [5.74, 6) is -1.99. The first-order valence-corrected chi connectivity index (χ1v) is 4.10. The second kappa shape index (κ2) is 5.35. The maximum absolute atomic E-state index is 10.5. The minimum atomic E-state index is -1.21. The lowest BCUT2D eigenvalue weighted by atomic mass is 10.0. The van der Waals surface area contributed by atoms with E-state index in [1.165, 1.54) is 0 Å². The van der Waals surface area contributed by atoms with Crippen LogP contribution in [-0.4, -0.2) is 22.2 Å². The van der Waals surface area contributed by atoms with Gasteiger partial charge in [-0.25, -0.2) is 9.59 Å². The van der Waals surface area contributed by atoms with Crippen molar-refractivity contribution in [2.24, 2.45) is 5.92 Å². The molecule has 0 saturated carbocycles. The van der Waals surface area contributed by atoms with Gasteiger partial charge in [-0.05, 0) is 18.8 Å². The molecule has 4 heteroatoms. The van der Waals surface area contributed by atoms with E-state index in [0.29, 0.717) is 18.8 Å². The molecule has 0 spiro atoms. The zero-order valence-electron chi connectivity index (χ0n) is 7.78. The SMILES string of the molecule is CC(C)CC/C(=C\C(=O)O)C(=O)O. The number of carboxylic acids is 2. The Hall–Kier alpha value is -1.32. The van der Waals surface area contributed by atoms with E-state index in [1.54, 1.807) is 0 Å². The summed E-state index contributed by atoms with van der Waals surface area (Å²) in [6, 6.07) is 0. The molecule has 0 aliphatic rings. The number of carbonyl (C=O) groups is 2. The van der Waals surface area contributed by atoms with Crippen LogP contribution in [-0.2, 0) is 9.59 Å². The molecule has 4 nitrogen and oxygen atoms in total. The van der Waals surface area contributed by atoms with Crippen molar-refractivity contribution >= 4 is 11.9 Å². The van der Waals surface area contributed by atoms with E-state index in [2.05, 4.69) is 0 Å². The molecule has 0 fully saturated rings. The highest BCUT2D eigenvalue weighted by Crippen LogP contribution is 2.11. The van der Waals surface area contributed by atoms with Gasteiger partial charge in [-0.15, -0.1) is 0 Å². The lowest BCUT2D eigenvalue weighted by Gasteiger charge is -2.03. The Labute approximate surface area is 76.9 Å². The highest BCUT2D eigenvalue weighted by Gasteiger charge is 2.09. The number of rotatable bonds is 5. The Morgan fingerprint density at radius 3 is 2.15 bits per heavy atom. The summed E-state index contributed by atoms with van der Waals surface area (Å²) in [5, 5.41) is 17.0. The van der Waals surface area contributed by atoms with E-state index >= 15 is 0 Å². The highest BCUT2D eigenvalue weighted by atomic mass is 16.4. The minimum Gasteiger partial charge on any atom is -0.478 e. The smallest absolute Gasteiger partial charge is 0.331 e. The van der Waals surface area contributed by atoms with E-state index in [4.69, 9.17) is 10.2 Å². The molecule has 2 N–H and O–H groups in total. The fourth-order valence-electron chi connectivity index (χ4n) is 0.834. The zero-order chi connectivity index (χ0) is 10.4. The molecule has 0 aromatic carbocycles. The molecule has 0 amide bonds. The zero-order valence-corrected chi connectivity index (χ0v) is 7.78. The summed E-state index contributed by atoms with van der Waals surface area (Å²) >= 11 is 0. The van der Waals surface area contributed by atoms with E-state index in [-0.39, 0.29) is 5.57 Å². The normalized spacial score (nSPS) is 11.8. The molecule has 0 aliphatic heterocycles. The van der Waals surface area contributed by atoms with Crippen LogP contribution in [0.3, 0.4) is 0 Å². The molecule has 0 aromatic rings. The van der Waals surface area contributed by atoms with Crippen LogP contribution in [0.4, 0.5) is 0 Å². The molecule has 0 aliphatic carbocycles. The average molecular weight is 186 g/mol. The first-order chi connectivity index (χ1) is 5.93. The van der Waals surface area contributed by atoms with Crippen LogP contribution in [0.15, 0.2) is 11.6 Å². The third-order valence-electron chi connectivity index (χ3n) is 1.56. The van der Waals surface area contributed by atoms with E-state index in [0.717, 1.165) is 6.08 Å². The first-order valence-electron chi connectivity index (χ1n) is 4.10. The predicted octanol–water partition coefficient (Wildman–Crippen LogP) is 1.52. The third-order valence-corrected chi connectivity index (χ3v) is 1.56. The van der Waals surface area contributed by atoms with Gasteiger partial charge in [0.05, 0.1) is 0 Å². The molecule has 0 heterocycles. The standard InChI is InChI=1S/C9H14O4/c1-6(2)3-4-7(9(12)13)5-8(10)11/h5-6H,3-4H2,1-2H3,(H,10,11)(H,12,13)/b7-5+. The first kappa shape index (κ1) is 11.7. The van der Waals surface area contributed by atoms with Crippen molar-refractivity contribution in [3.8, 4) is 0 Å². The van der Waals surface area contributed by atoms with Crippen LogP contribution in [0, 0.1) is 5.92 Å². The van der Waals surface area contributed by atoms with Crippen molar-refractivity contribution in [3.63, 3.8) is 0 Å². The van der Waals surface area contributed by atoms with Gasteiger partial charge in [0.15, 0.2) is 0 Å². The Balaban J connectivity index is 4.28. The minimum absolute atomic E-state index is 0.0406. The van der Waals surface area contributed by atoms with E-state index < -0.39 is 11.9 Å². The fraction of sp³-hybridized carbons (Fsp3) is 0.556. The summed E-state index contributed by atoms with van der Waals surface area (Å²) < 4.78 is 0. The van der Waals surface area contributed by atoms with Crippen molar-refractivity contribution in [2.45, 2.75) is 26.7 Å². The van der Waals surface area contributed by atoms with E-state index in [9.17, 15) is 9.59 Å². The van der Waals surface area contributed by atoms with Gasteiger partial charge < -0.3 is 10.2 Å². The van der Waals surface area contributed by atoms with Gasteiger partial charge >= 0.3 is 11.9 Å². The van der Waals surface area contributed by atoms with Gasteiger partial charge in [0.25, 0.3) is 0 Å². The van der Waals surface area contributed by atoms with Gasteiger partial charge in [0, 0.05) is 11.6 Å². The van der Waals surface area contributed by atoms with Gasteiger partial charge in [-0.3, -0.25) is 0 Å². The van der Waals surface area contributed by atoms with Crippen molar-refractivity contribution in [3.05, 3.63) is 11.6 Å². The Morgan fingerprint density at radius 2 is 1.85 bits per heavy atom. The number of hydrogen-bond acceptors (Lipinski definition) is 2. The van der Waals surface area contributed by atoms with Gasteiger partial charge in [-0.1, -0.05) is 13.8 Å². The molecule has 0 rings (SSSR count). The summed E-state index contributed by atoms with van der Waals surface area (Å²) in [6.45, 7) is 3.92. The number of carboxylic acid groups (broad SMARTS) is 2. The Bertz CT molecular complexity index is 228. The number of hydrogen-bond donors (Lipinski definition) is 2. The van der Waals surface area contributed by atoms with Gasteiger partial charge in [0.1, 0.15) is 0 Å². The molecular weight excluding hydrogens is 172 g/mol. The summed E-state index contributed by atoms with van der Waals surface area (Å²) in [5.41, 5.74) is -0.0406. The topological polar surface area (TPSA) is 74.6 Å². The van der Waals surface area contributed by atoms with Crippen molar-refractivity contribution in [1.29, 1.82) is 0 Å². The van der Waals surface area contributed by atoms with Gasteiger partial charge in [-0.2, -0.15) is 0 Å². The average Bonchev–Trinajstić information content (AvgIpc) is 1.96. The molecule has 13 heavy (non-hydrogen) atoms. The second-order valence-corrected chi connectivity index (χ2v) is 3.25. The molecule has 0 atom stereocenters. The lowest BCUT2D eigenvalue weighted by Crippen LogP contribution is -2.05. The molecule has 0 radical (unpaired) electrons. The monoisotopic (exact) mass is 186 g/mol. The quantitative estimate of drug-likeness (QED) is 0.638. The van der Waals surface area contributed by atoms with Crippen LogP contribution < -0.4 is 0 Å². The molecule has 0 aromatic heterocycles. The van der Waals surface area contributed by atoms with E-state index in [1.807, 2.05) is 13.8 Å². The maximum Gasteiger partial charge on any atom is 0.331 e. The summed E-state index contributed by atoms with van der Waals surface area (Å²) in [7, 11) is 0. The maximum atomic E-state index is 10.5. The largest absolute Gasteiger partial charge is 0.478 e. The second-order valence-electron chi connectivity index (χ2n) is 3.25. The summed E-state index contributed by atoms with van der Waals surface area (Å²) in [6.07, 6.45) is 1.75. The molecule has 74 valence electrons. The van der Waals surface area contributed by atoms with Crippen LogP contribution in [0.5, 0.6) is 0 Å². The molecular formula is C9H14O4. The molecule has 0 saturated heterocycles. The van der Waals surface area contributed by atoms with Crippen LogP contribution >= 0.6 is 0 Å². The highest BCUT2D eigenvalue weighted by molar-refractivity contribution is 5.94. The van der Waals surface area contributed by atoms with Crippen LogP contribution in [0.2, 0.25) is 0 Å². The Kier molecular flexibility index (Phi) is 4.80. The van der Waals surface area contributed by atoms with Gasteiger partial charge in [0.2, 0.25) is 0 Å². The van der Waals surface area contributed by atoms with Crippen LogP contribution in [0.1, 0.15) is 26.7 Å². The van der Waals surface area contributed by atoms with Crippen molar-refractivity contribution in [1.82, 2.24) is 0 Å². The third kappa shape index (κ3) is 5.90. The molecule has 0 bridgehead atoms. The van der Waals surface area contributed by atoms with Crippen molar-refractivity contribution < 1.29 is 19.8 Å². The number of aliphatic carboxylic acids is 2. The van der Waals surface area contributed by atoms with Crippen LogP contribution in [0.25, 0.3) is 0 Å². The summed E-state index contributed by atoms with van der Waals surface area (Å²) in [4.78, 5) is 20.7. The fourth-order valence-corrected chi connectivity index (χ4v) is 0.834. The van der Waals surface area contributed by atoms with Crippen molar-refractivity contribution in [2.75, 3.05) is 0 Å².